The highest BCUT2D eigenvalue weighted by atomic mass is 19.4. The van der Waals surface area contributed by atoms with Crippen LogP contribution in [-0.4, -0.2) is 25.0 Å². The topological polar surface area (TPSA) is 32.3 Å². The Balaban J connectivity index is 1.58. The zero-order valence-corrected chi connectivity index (χ0v) is 15.4. The van der Waals surface area contributed by atoms with Crippen LogP contribution in [0.15, 0.2) is 42.5 Å². The summed E-state index contributed by atoms with van der Waals surface area (Å²) in [5, 5.41) is 2.73. The number of hydrogen-bond donors (Lipinski definition) is 1. The van der Waals surface area contributed by atoms with Crippen LogP contribution in [0.3, 0.4) is 0 Å². The quantitative estimate of drug-likeness (QED) is 0.702. The fraction of sp³-hybridized carbons (Fsp3) is 0.350. The predicted molar refractivity (Wildman–Crippen MR) is 95.3 cm³/mol. The van der Waals surface area contributed by atoms with Gasteiger partial charge in [0.1, 0.15) is 5.82 Å². The molecule has 0 aromatic heterocycles. The second-order valence-corrected chi connectivity index (χ2v) is 7.03. The van der Waals surface area contributed by atoms with Gasteiger partial charge in [-0.15, -0.1) is 0 Å². The van der Waals surface area contributed by atoms with E-state index in [4.69, 9.17) is 0 Å². The molecule has 1 saturated heterocycles. The van der Waals surface area contributed by atoms with Gasteiger partial charge in [0.2, 0.25) is 5.91 Å². The second kappa shape index (κ2) is 8.16. The van der Waals surface area contributed by atoms with Crippen molar-refractivity contribution in [2.75, 3.05) is 18.0 Å². The summed E-state index contributed by atoms with van der Waals surface area (Å²) >= 11 is 0. The van der Waals surface area contributed by atoms with E-state index in [9.17, 15) is 35.5 Å². The van der Waals surface area contributed by atoms with Crippen molar-refractivity contribution in [2.45, 2.75) is 31.2 Å². The molecule has 0 spiro atoms. The fourth-order valence-electron chi connectivity index (χ4n) is 3.32. The molecule has 1 N–H and O–H groups in total. The van der Waals surface area contributed by atoms with Gasteiger partial charge in [-0.1, -0.05) is 12.1 Å². The monoisotopic (exact) mass is 434 g/mol. The van der Waals surface area contributed by atoms with E-state index in [1.54, 1.807) is 4.90 Å². The average molecular weight is 434 g/mol. The maximum Gasteiger partial charge on any atom is 0.419 e. The normalized spacial score (nSPS) is 17.3. The molecule has 0 unspecified atom stereocenters. The number of alkyl halides is 6. The van der Waals surface area contributed by atoms with Gasteiger partial charge in [0, 0.05) is 24.8 Å². The van der Waals surface area contributed by atoms with Gasteiger partial charge in [-0.2, -0.15) is 26.3 Å². The third-order valence-corrected chi connectivity index (χ3v) is 4.82. The lowest BCUT2D eigenvalue weighted by Crippen LogP contribution is -2.38. The first-order valence-corrected chi connectivity index (χ1v) is 9.00. The molecule has 1 amide bonds. The number of carbonyl (C=O) groups is 1. The van der Waals surface area contributed by atoms with Crippen molar-refractivity contribution >= 4 is 11.6 Å². The highest BCUT2D eigenvalue weighted by Gasteiger charge is 2.35. The molecule has 1 fully saturated rings. The van der Waals surface area contributed by atoms with Crippen molar-refractivity contribution in [3.8, 4) is 0 Å². The van der Waals surface area contributed by atoms with Gasteiger partial charge in [0.25, 0.3) is 0 Å². The van der Waals surface area contributed by atoms with Gasteiger partial charge in [0.05, 0.1) is 17.5 Å². The molecule has 1 aliphatic heterocycles. The maximum atomic E-state index is 13.4. The second-order valence-electron chi connectivity index (χ2n) is 7.03. The number of hydrogen-bond acceptors (Lipinski definition) is 2. The molecule has 3 nitrogen and oxygen atoms in total. The summed E-state index contributed by atoms with van der Waals surface area (Å²) in [7, 11) is 0. The van der Waals surface area contributed by atoms with Gasteiger partial charge < -0.3 is 10.2 Å². The molecule has 162 valence electrons. The van der Waals surface area contributed by atoms with Gasteiger partial charge in [-0.25, -0.2) is 4.39 Å². The standard InChI is InChI=1S/C20H17F7N2O/c21-17-6-5-15(10-16(17)20(25,26)27)29-8-7-14(11-29)28-18(30)9-12-1-3-13(4-2-12)19(22,23)24/h1-6,10,14H,7-9,11H2,(H,28,30)/t14-/m1/s1. The first-order chi connectivity index (χ1) is 13.9. The first kappa shape index (κ1) is 21.9. The molecule has 3 rings (SSSR count). The molecule has 10 heteroatoms. The Kier molecular flexibility index (Phi) is 5.96. The summed E-state index contributed by atoms with van der Waals surface area (Å²) in [6.45, 7) is 0.607. The number of nitrogens with one attached hydrogen (secondary N) is 1. The minimum atomic E-state index is -4.81. The molecular formula is C20H17F7N2O. The fourth-order valence-corrected chi connectivity index (χ4v) is 3.32. The molecule has 1 atom stereocenters. The Morgan fingerprint density at radius 2 is 1.67 bits per heavy atom. The number of anilines is 1. The zero-order valence-electron chi connectivity index (χ0n) is 15.4. The number of carbonyl (C=O) groups excluding carboxylic acids is 1. The smallest absolute Gasteiger partial charge is 0.369 e. The largest absolute Gasteiger partial charge is 0.419 e. The molecule has 0 radical (unpaired) electrons. The van der Waals surface area contributed by atoms with Crippen molar-refractivity contribution < 1.29 is 35.5 Å². The molecule has 0 aliphatic carbocycles. The van der Waals surface area contributed by atoms with Crippen LogP contribution in [0.1, 0.15) is 23.1 Å². The van der Waals surface area contributed by atoms with E-state index in [1.807, 2.05) is 0 Å². The molecular weight excluding hydrogens is 417 g/mol. The predicted octanol–water partition coefficient (Wildman–Crippen LogP) is 4.80. The molecule has 2 aromatic carbocycles. The van der Waals surface area contributed by atoms with E-state index in [0.29, 0.717) is 18.5 Å². The van der Waals surface area contributed by atoms with E-state index in [-0.39, 0.29) is 24.7 Å². The van der Waals surface area contributed by atoms with Gasteiger partial charge in [-0.3, -0.25) is 4.79 Å². The van der Waals surface area contributed by atoms with Crippen LogP contribution in [0, 0.1) is 5.82 Å². The number of halogens is 7. The van der Waals surface area contributed by atoms with E-state index in [1.165, 1.54) is 18.2 Å². The maximum absolute atomic E-state index is 13.4. The lowest BCUT2D eigenvalue weighted by atomic mass is 10.1. The van der Waals surface area contributed by atoms with E-state index in [0.717, 1.165) is 24.3 Å². The van der Waals surface area contributed by atoms with Crippen molar-refractivity contribution in [3.63, 3.8) is 0 Å². The zero-order chi connectivity index (χ0) is 22.1. The van der Waals surface area contributed by atoms with Crippen molar-refractivity contribution in [1.29, 1.82) is 0 Å². The van der Waals surface area contributed by atoms with Gasteiger partial charge >= 0.3 is 12.4 Å². The van der Waals surface area contributed by atoms with Crippen LogP contribution in [-0.2, 0) is 23.6 Å². The summed E-state index contributed by atoms with van der Waals surface area (Å²) in [5.41, 5.74) is -1.56. The van der Waals surface area contributed by atoms with Crippen LogP contribution >= 0.6 is 0 Å². The Hall–Kier alpha value is -2.78. The number of benzene rings is 2. The minimum Gasteiger partial charge on any atom is -0.369 e. The van der Waals surface area contributed by atoms with Gasteiger partial charge in [0.15, 0.2) is 0 Å². The number of amides is 1. The third kappa shape index (κ3) is 5.22. The van der Waals surface area contributed by atoms with E-state index in [2.05, 4.69) is 5.32 Å². The van der Waals surface area contributed by atoms with E-state index >= 15 is 0 Å². The Morgan fingerprint density at radius 3 is 2.27 bits per heavy atom. The Morgan fingerprint density at radius 1 is 1.00 bits per heavy atom. The number of nitrogens with zero attached hydrogens (tertiary/aromatic N) is 1. The highest BCUT2D eigenvalue weighted by molar-refractivity contribution is 5.79. The molecule has 0 bridgehead atoms. The minimum absolute atomic E-state index is 0.122. The summed E-state index contributed by atoms with van der Waals surface area (Å²) in [6, 6.07) is 6.64. The average Bonchev–Trinajstić information content (AvgIpc) is 3.09. The van der Waals surface area contributed by atoms with Gasteiger partial charge in [-0.05, 0) is 42.3 Å². The Bertz CT molecular complexity index is 907. The molecule has 2 aromatic rings. The van der Waals surface area contributed by atoms with E-state index < -0.39 is 35.2 Å². The lowest BCUT2D eigenvalue weighted by molar-refractivity contribution is -0.140. The molecule has 30 heavy (non-hydrogen) atoms. The Labute approximate surface area is 167 Å². The third-order valence-electron chi connectivity index (χ3n) is 4.82. The van der Waals surface area contributed by atoms with Crippen LogP contribution in [0.4, 0.5) is 36.4 Å². The molecule has 0 saturated carbocycles. The van der Waals surface area contributed by atoms with Crippen LogP contribution in [0.5, 0.6) is 0 Å². The molecule has 1 heterocycles. The van der Waals surface area contributed by atoms with Crippen molar-refractivity contribution in [3.05, 3.63) is 65.0 Å². The summed E-state index contributed by atoms with van der Waals surface area (Å²) < 4.78 is 89.8. The first-order valence-electron chi connectivity index (χ1n) is 9.00. The summed E-state index contributed by atoms with van der Waals surface area (Å²) in [6.07, 6.45) is -8.92. The lowest BCUT2D eigenvalue weighted by Gasteiger charge is -2.20. The van der Waals surface area contributed by atoms with Crippen LogP contribution in [0.25, 0.3) is 0 Å². The molecule has 1 aliphatic rings. The number of rotatable bonds is 4. The van der Waals surface area contributed by atoms with Crippen molar-refractivity contribution in [2.24, 2.45) is 0 Å². The van der Waals surface area contributed by atoms with Crippen LogP contribution < -0.4 is 10.2 Å². The SMILES string of the molecule is O=C(Cc1ccc(C(F)(F)F)cc1)N[C@@H]1CCN(c2ccc(F)c(C(F)(F)F)c2)C1. The van der Waals surface area contributed by atoms with Crippen molar-refractivity contribution in [1.82, 2.24) is 5.32 Å². The van der Waals surface area contributed by atoms with Crippen LogP contribution in [0.2, 0.25) is 0 Å². The summed E-state index contributed by atoms with van der Waals surface area (Å²) in [5.74, 6) is -1.76. The summed E-state index contributed by atoms with van der Waals surface area (Å²) in [4.78, 5) is 13.8. The highest BCUT2D eigenvalue weighted by Crippen LogP contribution is 2.34.